The minimum absolute atomic E-state index is 0.651. The summed E-state index contributed by atoms with van der Waals surface area (Å²) in [5.41, 5.74) is -0.651. The molecular weight excluding hydrogens is 222 g/mol. The number of aromatic nitrogens is 3. The summed E-state index contributed by atoms with van der Waals surface area (Å²) >= 11 is 1.60. The van der Waals surface area contributed by atoms with Crippen molar-refractivity contribution in [1.29, 1.82) is 0 Å². The third-order valence-corrected chi connectivity index (χ3v) is 4.04. The number of hydrogen-bond donors (Lipinski definition) is 1. The summed E-state index contributed by atoms with van der Waals surface area (Å²) in [5, 5.41) is 19.1. The summed E-state index contributed by atoms with van der Waals surface area (Å²) in [6, 6.07) is 0. The van der Waals surface area contributed by atoms with E-state index in [-0.39, 0.29) is 0 Å². The summed E-state index contributed by atoms with van der Waals surface area (Å²) in [5.74, 6) is 1.77. The summed E-state index contributed by atoms with van der Waals surface area (Å²) in [4.78, 5) is 0. The van der Waals surface area contributed by atoms with Crippen LogP contribution in [0.15, 0.2) is 5.16 Å². The van der Waals surface area contributed by atoms with Crippen LogP contribution in [0.3, 0.4) is 0 Å². The van der Waals surface area contributed by atoms with Gasteiger partial charge in [0.1, 0.15) is 5.82 Å². The fourth-order valence-corrected chi connectivity index (χ4v) is 2.74. The van der Waals surface area contributed by atoms with E-state index in [4.69, 9.17) is 0 Å². The summed E-state index contributed by atoms with van der Waals surface area (Å²) in [7, 11) is 0. The second kappa shape index (κ2) is 4.75. The van der Waals surface area contributed by atoms with Crippen molar-refractivity contribution in [2.75, 3.05) is 5.75 Å². The Morgan fingerprint density at radius 1 is 1.31 bits per heavy atom. The molecule has 0 aliphatic carbocycles. The van der Waals surface area contributed by atoms with Crippen LogP contribution in [0, 0.1) is 0 Å². The van der Waals surface area contributed by atoms with Crippen molar-refractivity contribution < 1.29 is 5.11 Å². The molecule has 1 aliphatic rings. The maximum absolute atomic E-state index is 9.70. The van der Waals surface area contributed by atoms with Gasteiger partial charge in [0.2, 0.25) is 0 Å². The van der Waals surface area contributed by atoms with Crippen LogP contribution in [-0.4, -0.2) is 31.2 Å². The molecule has 4 nitrogen and oxygen atoms in total. The van der Waals surface area contributed by atoms with Crippen molar-refractivity contribution in [3.63, 3.8) is 0 Å². The van der Waals surface area contributed by atoms with Crippen molar-refractivity contribution in [3.8, 4) is 0 Å². The highest BCUT2D eigenvalue weighted by atomic mass is 32.2. The number of thioether (sulfide) groups is 1. The van der Waals surface area contributed by atoms with Crippen LogP contribution in [-0.2, 0) is 13.0 Å². The topological polar surface area (TPSA) is 50.9 Å². The van der Waals surface area contributed by atoms with E-state index in [1.807, 2.05) is 13.8 Å². The Bertz CT molecular complexity index is 357. The molecule has 2 rings (SSSR count). The molecule has 0 bridgehead atoms. The lowest BCUT2D eigenvalue weighted by molar-refractivity contribution is 0.107. The zero-order valence-corrected chi connectivity index (χ0v) is 10.8. The lowest BCUT2D eigenvalue weighted by Crippen LogP contribution is -2.22. The first kappa shape index (κ1) is 11.9. The maximum Gasteiger partial charge on any atom is 0.191 e. The van der Waals surface area contributed by atoms with E-state index >= 15 is 0 Å². The van der Waals surface area contributed by atoms with Crippen LogP contribution in [0.5, 0.6) is 0 Å². The lowest BCUT2D eigenvalue weighted by atomic mass is 10.2. The fraction of sp³-hybridized carbons (Fsp3) is 0.818. The van der Waals surface area contributed by atoms with E-state index in [0.29, 0.717) is 5.75 Å². The van der Waals surface area contributed by atoms with Gasteiger partial charge in [-0.25, -0.2) is 0 Å². The Morgan fingerprint density at radius 2 is 2.12 bits per heavy atom. The Labute approximate surface area is 100 Å². The molecule has 0 spiro atoms. The zero-order chi connectivity index (χ0) is 11.6. The molecule has 0 saturated heterocycles. The Hall–Kier alpha value is -0.550. The maximum atomic E-state index is 9.70. The molecule has 90 valence electrons. The van der Waals surface area contributed by atoms with E-state index in [1.165, 1.54) is 19.3 Å². The number of rotatable bonds is 3. The molecule has 0 unspecified atom stereocenters. The van der Waals surface area contributed by atoms with Gasteiger partial charge in [-0.15, -0.1) is 10.2 Å². The highest BCUT2D eigenvalue weighted by Crippen LogP contribution is 2.24. The first-order valence-electron chi connectivity index (χ1n) is 5.83. The number of aliphatic hydroxyl groups is 1. The summed E-state index contributed by atoms with van der Waals surface area (Å²) in [6.07, 6.45) is 4.74. The Morgan fingerprint density at radius 3 is 2.88 bits per heavy atom. The van der Waals surface area contributed by atoms with Crippen LogP contribution < -0.4 is 0 Å². The number of hydrogen-bond acceptors (Lipinski definition) is 4. The molecule has 1 N–H and O–H groups in total. The van der Waals surface area contributed by atoms with Gasteiger partial charge in [-0.2, -0.15) is 0 Å². The smallest absolute Gasteiger partial charge is 0.191 e. The predicted molar refractivity (Wildman–Crippen MR) is 64.6 cm³/mol. The monoisotopic (exact) mass is 241 g/mol. The lowest BCUT2D eigenvalue weighted by Gasteiger charge is -2.16. The quantitative estimate of drug-likeness (QED) is 0.821. The van der Waals surface area contributed by atoms with Crippen LogP contribution in [0.4, 0.5) is 0 Å². The average molecular weight is 241 g/mol. The fourth-order valence-electron chi connectivity index (χ4n) is 1.81. The molecule has 0 fully saturated rings. The highest BCUT2D eigenvalue weighted by Gasteiger charge is 2.18. The second-order valence-electron chi connectivity index (χ2n) is 4.96. The average Bonchev–Trinajstić information content (AvgIpc) is 2.43. The molecule has 5 heteroatoms. The third-order valence-electron chi connectivity index (χ3n) is 2.63. The summed E-state index contributed by atoms with van der Waals surface area (Å²) < 4.78 is 2.21. The normalized spacial score (nSPS) is 16.9. The highest BCUT2D eigenvalue weighted by molar-refractivity contribution is 7.99. The molecule has 1 aliphatic heterocycles. The number of fused-ring (bicyclic) bond motifs is 1. The molecule has 0 atom stereocenters. The molecule has 0 amide bonds. The van der Waals surface area contributed by atoms with Gasteiger partial charge in [0.05, 0.1) is 5.60 Å². The van der Waals surface area contributed by atoms with Crippen LogP contribution >= 0.6 is 11.8 Å². The molecule has 1 aromatic rings. The van der Waals surface area contributed by atoms with Gasteiger partial charge in [0, 0.05) is 18.7 Å². The van der Waals surface area contributed by atoms with Gasteiger partial charge in [-0.3, -0.25) is 0 Å². The van der Waals surface area contributed by atoms with E-state index in [1.54, 1.807) is 11.8 Å². The largest absolute Gasteiger partial charge is 0.390 e. The molecule has 2 heterocycles. The zero-order valence-electron chi connectivity index (χ0n) is 9.94. The molecule has 1 aromatic heterocycles. The van der Waals surface area contributed by atoms with E-state index in [2.05, 4.69) is 14.8 Å². The van der Waals surface area contributed by atoms with E-state index in [9.17, 15) is 5.11 Å². The Kier molecular flexibility index (Phi) is 3.54. The minimum atomic E-state index is -0.651. The summed E-state index contributed by atoms with van der Waals surface area (Å²) in [6.45, 7) is 4.66. The van der Waals surface area contributed by atoms with Crippen molar-refractivity contribution in [1.82, 2.24) is 14.8 Å². The van der Waals surface area contributed by atoms with Crippen LogP contribution in [0.25, 0.3) is 0 Å². The van der Waals surface area contributed by atoms with Gasteiger partial charge in [-0.1, -0.05) is 18.2 Å². The molecule has 16 heavy (non-hydrogen) atoms. The van der Waals surface area contributed by atoms with E-state index in [0.717, 1.165) is 23.9 Å². The number of aryl methyl sites for hydroxylation is 1. The van der Waals surface area contributed by atoms with Gasteiger partial charge < -0.3 is 9.67 Å². The molecular formula is C11H19N3OS. The Balaban J connectivity index is 2.07. The van der Waals surface area contributed by atoms with Crippen molar-refractivity contribution in [3.05, 3.63) is 5.82 Å². The molecule has 0 aromatic carbocycles. The van der Waals surface area contributed by atoms with Crippen molar-refractivity contribution in [2.24, 2.45) is 0 Å². The predicted octanol–water partition coefficient (Wildman–Crippen LogP) is 1.87. The van der Waals surface area contributed by atoms with Crippen molar-refractivity contribution >= 4 is 11.8 Å². The first-order chi connectivity index (χ1) is 7.56. The van der Waals surface area contributed by atoms with Gasteiger partial charge >= 0.3 is 0 Å². The van der Waals surface area contributed by atoms with E-state index < -0.39 is 5.60 Å². The van der Waals surface area contributed by atoms with Gasteiger partial charge in [0.15, 0.2) is 5.16 Å². The third kappa shape index (κ3) is 2.98. The van der Waals surface area contributed by atoms with Crippen molar-refractivity contribution in [2.45, 2.75) is 56.8 Å². The first-order valence-corrected chi connectivity index (χ1v) is 6.82. The van der Waals surface area contributed by atoms with Crippen LogP contribution in [0.2, 0.25) is 0 Å². The van der Waals surface area contributed by atoms with Gasteiger partial charge in [-0.05, 0) is 26.7 Å². The SMILES string of the molecule is CC(C)(O)CSc1nnc2n1CCCCC2. The molecule has 0 radical (unpaired) electrons. The minimum Gasteiger partial charge on any atom is -0.390 e. The second-order valence-corrected chi connectivity index (χ2v) is 5.90. The van der Waals surface area contributed by atoms with Crippen LogP contribution in [0.1, 0.15) is 38.9 Å². The van der Waals surface area contributed by atoms with Gasteiger partial charge in [0.25, 0.3) is 0 Å². The molecule has 0 saturated carbocycles. The standard InChI is InChI=1S/C11H19N3OS/c1-11(2,15)8-16-10-13-12-9-6-4-3-5-7-14(9)10/h15H,3-8H2,1-2H3. The number of nitrogens with zero attached hydrogens (tertiary/aromatic N) is 3.